The lowest BCUT2D eigenvalue weighted by Gasteiger charge is -2.14. The average molecular weight is 340 g/mol. The van der Waals surface area contributed by atoms with E-state index in [4.69, 9.17) is 5.73 Å². The van der Waals surface area contributed by atoms with Crippen LogP contribution in [0.5, 0.6) is 0 Å². The summed E-state index contributed by atoms with van der Waals surface area (Å²) in [6, 6.07) is 7.11. The van der Waals surface area contributed by atoms with E-state index in [2.05, 4.69) is 10.6 Å². The van der Waals surface area contributed by atoms with Crippen molar-refractivity contribution in [1.29, 1.82) is 0 Å². The quantitative estimate of drug-likeness (QED) is 0.745. The zero-order valence-corrected chi connectivity index (χ0v) is 14.3. The van der Waals surface area contributed by atoms with Crippen molar-refractivity contribution in [3.05, 3.63) is 29.8 Å². The molecule has 1 aliphatic rings. The fourth-order valence-electron chi connectivity index (χ4n) is 2.81. The van der Waals surface area contributed by atoms with E-state index in [9.17, 15) is 9.59 Å². The third kappa shape index (κ3) is 5.84. The topological polar surface area (TPSA) is 84.2 Å². The molecule has 0 spiro atoms. The second-order valence-corrected chi connectivity index (χ2v) is 5.94. The number of nitrogens with one attached hydrogen (secondary N) is 2. The molecule has 0 unspecified atom stereocenters. The largest absolute Gasteiger partial charge is 0.352 e. The van der Waals surface area contributed by atoms with Crippen LogP contribution in [-0.4, -0.2) is 24.4 Å². The SMILES string of the molecule is CCCNC(=O)c1ccc(NC(=O)C[C@@H]2CCC[C@H]2N)cc1.Cl. The third-order valence-electron chi connectivity index (χ3n) is 4.13. The van der Waals surface area contributed by atoms with E-state index in [1.807, 2.05) is 6.92 Å². The van der Waals surface area contributed by atoms with Gasteiger partial charge in [0.05, 0.1) is 0 Å². The molecule has 1 saturated carbocycles. The maximum Gasteiger partial charge on any atom is 0.251 e. The summed E-state index contributed by atoms with van der Waals surface area (Å²) in [6.45, 7) is 2.67. The highest BCUT2D eigenvalue weighted by atomic mass is 35.5. The molecule has 1 aromatic rings. The molecule has 0 radical (unpaired) electrons. The summed E-state index contributed by atoms with van der Waals surface area (Å²) < 4.78 is 0. The molecular formula is C17H26ClN3O2. The molecule has 0 saturated heterocycles. The smallest absolute Gasteiger partial charge is 0.251 e. The molecule has 0 bridgehead atoms. The number of hydrogen-bond acceptors (Lipinski definition) is 3. The van der Waals surface area contributed by atoms with Crippen molar-refractivity contribution >= 4 is 29.9 Å². The van der Waals surface area contributed by atoms with Crippen LogP contribution in [0.2, 0.25) is 0 Å². The number of benzene rings is 1. The lowest BCUT2D eigenvalue weighted by molar-refractivity contribution is -0.117. The van der Waals surface area contributed by atoms with E-state index in [1.165, 1.54) is 0 Å². The minimum absolute atomic E-state index is 0. The van der Waals surface area contributed by atoms with Crippen LogP contribution in [0, 0.1) is 5.92 Å². The summed E-state index contributed by atoms with van der Waals surface area (Å²) in [4.78, 5) is 23.8. The monoisotopic (exact) mass is 339 g/mol. The van der Waals surface area contributed by atoms with Gasteiger partial charge in [-0.05, 0) is 49.4 Å². The van der Waals surface area contributed by atoms with Crippen LogP contribution >= 0.6 is 12.4 Å². The van der Waals surface area contributed by atoms with Crippen LogP contribution in [-0.2, 0) is 4.79 Å². The number of nitrogens with two attached hydrogens (primary N) is 1. The summed E-state index contributed by atoms with van der Waals surface area (Å²) in [5.74, 6) is 0.196. The van der Waals surface area contributed by atoms with E-state index in [-0.39, 0.29) is 30.3 Å². The first-order valence-electron chi connectivity index (χ1n) is 8.04. The van der Waals surface area contributed by atoms with Gasteiger partial charge in [-0.2, -0.15) is 0 Å². The molecule has 23 heavy (non-hydrogen) atoms. The van der Waals surface area contributed by atoms with Gasteiger partial charge in [0.15, 0.2) is 0 Å². The summed E-state index contributed by atoms with van der Waals surface area (Å²) in [5.41, 5.74) is 7.30. The molecule has 1 aliphatic carbocycles. The third-order valence-corrected chi connectivity index (χ3v) is 4.13. The first kappa shape index (κ1) is 19.5. The van der Waals surface area contributed by atoms with Gasteiger partial charge in [0.25, 0.3) is 5.91 Å². The summed E-state index contributed by atoms with van der Waals surface area (Å²) in [6.07, 6.45) is 4.54. The molecule has 1 aromatic carbocycles. The van der Waals surface area contributed by atoms with Crippen LogP contribution in [0.4, 0.5) is 5.69 Å². The molecule has 5 nitrogen and oxygen atoms in total. The molecule has 0 aliphatic heterocycles. The second-order valence-electron chi connectivity index (χ2n) is 5.94. The normalized spacial score (nSPS) is 19.7. The van der Waals surface area contributed by atoms with Gasteiger partial charge in [-0.25, -0.2) is 0 Å². The Balaban J connectivity index is 0.00000264. The van der Waals surface area contributed by atoms with E-state index >= 15 is 0 Å². The molecular weight excluding hydrogens is 314 g/mol. The van der Waals surface area contributed by atoms with Gasteiger partial charge in [-0.15, -0.1) is 12.4 Å². The van der Waals surface area contributed by atoms with Gasteiger partial charge in [0.2, 0.25) is 5.91 Å². The maximum absolute atomic E-state index is 12.0. The molecule has 2 rings (SSSR count). The first-order chi connectivity index (χ1) is 10.6. The average Bonchev–Trinajstić information content (AvgIpc) is 2.90. The first-order valence-corrected chi connectivity index (χ1v) is 8.04. The van der Waals surface area contributed by atoms with Crippen molar-refractivity contribution in [1.82, 2.24) is 5.32 Å². The van der Waals surface area contributed by atoms with Crippen LogP contribution in [0.15, 0.2) is 24.3 Å². The Kier molecular flexibility index (Phi) is 8.06. The highest BCUT2D eigenvalue weighted by Gasteiger charge is 2.25. The predicted octanol–water partition coefficient (Wildman–Crippen LogP) is 2.70. The van der Waals surface area contributed by atoms with Gasteiger partial charge in [-0.1, -0.05) is 13.3 Å². The fraction of sp³-hybridized carbons (Fsp3) is 0.529. The van der Waals surface area contributed by atoms with Crippen LogP contribution < -0.4 is 16.4 Å². The van der Waals surface area contributed by atoms with Crippen molar-refractivity contribution < 1.29 is 9.59 Å². The van der Waals surface area contributed by atoms with Crippen molar-refractivity contribution in [2.24, 2.45) is 11.7 Å². The zero-order chi connectivity index (χ0) is 15.9. The summed E-state index contributed by atoms with van der Waals surface area (Å²) in [7, 11) is 0. The lowest BCUT2D eigenvalue weighted by Crippen LogP contribution is -2.28. The Morgan fingerprint density at radius 2 is 1.91 bits per heavy atom. The highest BCUT2D eigenvalue weighted by molar-refractivity contribution is 5.95. The number of carbonyl (C=O) groups is 2. The second kappa shape index (κ2) is 9.53. The van der Waals surface area contributed by atoms with Crippen LogP contribution in [0.1, 0.15) is 49.4 Å². The molecule has 6 heteroatoms. The summed E-state index contributed by atoms with van der Waals surface area (Å²) >= 11 is 0. The molecule has 2 amide bonds. The van der Waals surface area contributed by atoms with Gasteiger partial charge in [0, 0.05) is 30.3 Å². The van der Waals surface area contributed by atoms with Crippen molar-refractivity contribution in [3.63, 3.8) is 0 Å². The number of anilines is 1. The Morgan fingerprint density at radius 3 is 2.48 bits per heavy atom. The van der Waals surface area contributed by atoms with Gasteiger partial charge in [0.1, 0.15) is 0 Å². The van der Waals surface area contributed by atoms with Gasteiger partial charge >= 0.3 is 0 Å². The lowest BCUT2D eigenvalue weighted by atomic mass is 10.00. The number of hydrogen-bond donors (Lipinski definition) is 3. The van der Waals surface area contributed by atoms with E-state index in [0.717, 1.165) is 25.7 Å². The molecule has 2 atom stereocenters. The van der Waals surface area contributed by atoms with Gasteiger partial charge in [-0.3, -0.25) is 9.59 Å². The number of halogens is 1. The van der Waals surface area contributed by atoms with Crippen molar-refractivity contribution in [2.75, 3.05) is 11.9 Å². The number of carbonyl (C=O) groups excluding carboxylic acids is 2. The van der Waals surface area contributed by atoms with Crippen LogP contribution in [0.25, 0.3) is 0 Å². The van der Waals surface area contributed by atoms with Crippen LogP contribution in [0.3, 0.4) is 0 Å². The Labute approximate surface area is 143 Å². The predicted molar refractivity (Wildman–Crippen MR) is 94.9 cm³/mol. The zero-order valence-electron chi connectivity index (χ0n) is 13.5. The Bertz CT molecular complexity index is 519. The highest BCUT2D eigenvalue weighted by Crippen LogP contribution is 2.27. The molecule has 1 fully saturated rings. The van der Waals surface area contributed by atoms with Crippen molar-refractivity contribution in [3.8, 4) is 0 Å². The molecule has 0 aromatic heterocycles. The Morgan fingerprint density at radius 1 is 1.22 bits per heavy atom. The number of rotatable bonds is 6. The standard InChI is InChI=1S/C17H25N3O2.ClH/c1-2-10-19-17(22)12-6-8-14(9-7-12)20-16(21)11-13-4-3-5-15(13)18;/h6-9,13,15H,2-5,10-11,18H2,1H3,(H,19,22)(H,20,21);1H/t13-,15+;/m0./s1. The molecule has 128 valence electrons. The minimum atomic E-state index is -0.0864. The fourth-order valence-corrected chi connectivity index (χ4v) is 2.81. The minimum Gasteiger partial charge on any atom is -0.352 e. The van der Waals surface area contributed by atoms with Gasteiger partial charge < -0.3 is 16.4 Å². The van der Waals surface area contributed by atoms with Crippen molar-refractivity contribution in [2.45, 2.75) is 45.1 Å². The van der Waals surface area contributed by atoms with E-state index < -0.39 is 0 Å². The van der Waals surface area contributed by atoms with E-state index in [0.29, 0.717) is 30.1 Å². The molecule has 0 heterocycles. The summed E-state index contributed by atoms with van der Waals surface area (Å²) in [5, 5.41) is 5.69. The maximum atomic E-state index is 12.0. The Hall–Kier alpha value is -1.59. The van der Waals surface area contributed by atoms with E-state index in [1.54, 1.807) is 24.3 Å². The molecule has 4 N–H and O–H groups in total. The number of amides is 2.